The van der Waals surface area contributed by atoms with Gasteiger partial charge in [-0.3, -0.25) is 4.90 Å². The van der Waals surface area contributed by atoms with Crippen LogP contribution in [0.4, 0.5) is 0 Å². The Morgan fingerprint density at radius 3 is 2.75 bits per heavy atom. The molecule has 0 amide bonds. The maximum Gasteiger partial charge on any atom is 0.160 e. The number of ether oxygens (including phenoxy) is 1. The van der Waals surface area contributed by atoms with Crippen molar-refractivity contribution in [3.8, 4) is 11.5 Å². The largest absolute Gasteiger partial charge is 0.504 e. The summed E-state index contributed by atoms with van der Waals surface area (Å²) in [5.74, 6) is 2.76. The summed E-state index contributed by atoms with van der Waals surface area (Å²) >= 11 is 0. The van der Waals surface area contributed by atoms with Crippen LogP contribution in [0.25, 0.3) is 0 Å². The Kier molecular flexibility index (Phi) is 4.21. The molecule has 4 nitrogen and oxygen atoms in total. The van der Waals surface area contributed by atoms with Gasteiger partial charge >= 0.3 is 0 Å². The van der Waals surface area contributed by atoms with Crippen LogP contribution < -0.4 is 4.74 Å². The normalized spacial score (nSPS) is 33.5. The number of nitrogens with zero attached hydrogens (tertiary/aromatic N) is 2. The zero-order chi connectivity index (χ0) is 16.8. The molecule has 1 aromatic carbocycles. The summed E-state index contributed by atoms with van der Waals surface area (Å²) in [5.41, 5.74) is 2.63. The highest BCUT2D eigenvalue weighted by molar-refractivity contribution is 5.49. The molecule has 2 heterocycles. The zero-order valence-corrected chi connectivity index (χ0v) is 15.2. The number of fused-ring (bicyclic) bond motifs is 3. The second kappa shape index (κ2) is 6.23. The van der Waals surface area contributed by atoms with Gasteiger partial charge < -0.3 is 14.7 Å². The first-order valence-corrected chi connectivity index (χ1v) is 9.39. The third kappa shape index (κ3) is 2.80. The molecule has 24 heavy (non-hydrogen) atoms. The van der Waals surface area contributed by atoms with Crippen LogP contribution >= 0.6 is 0 Å². The molecular formula is C20H30N2O2. The van der Waals surface area contributed by atoms with Gasteiger partial charge in [-0.05, 0) is 67.8 Å². The number of likely N-dealkylation sites (N-methyl/N-ethyl adjacent to an activating group) is 1. The lowest BCUT2D eigenvalue weighted by molar-refractivity contribution is 0.0166. The smallest absolute Gasteiger partial charge is 0.160 e. The molecule has 1 N–H and O–H groups in total. The molecule has 1 saturated carbocycles. The Morgan fingerprint density at radius 1 is 1.25 bits per heavy atom. The average Bonchev–Trinajstić information content (AvgIpc) is 2.53. The lowest BCUT2D eigenvalue weighted by Crippen LogP contribution is -2.55. The molecule has 4 rings (SSSR count). The molecular weight excluding hydrogens is 300 g/mol. The number of hydrogen-bond donors (Lipinski definition) is 1. The van der Waals surface area contributed by atoms with Gasteiger partial charge in [-0.1, -0.05) is 6.92 Å². The van der Waals surface area contributed by atoms with Crippen LogP contribution in [0.5, 0.6) is 11.5 Å². The van der Waals surface area contributed by atoms with Crippen molar-refractivity contribution in [3.05, 3.63) is 23.3 Å². The van der Waals surface area contributed by atoms with Crippen LogP contribution in [0, 0.1) is 11.8 Å². The van der Waals surface area contributed by atoms with Crippen molar-refractivity contribution in [3.63, 3.8) is 0 Å². The van der Waals surface area contributed by atoms with E-state index >= 15 is 0 Å². The van der Waals surface area contributed by atoms with Gasteiger partial charge in [-0.2, -0.15) is 0 Å². The highest BCUT2D eigenvalue weighted by Crippen LogP contribution is 2.42. The van der Waals surface area contributed by atoms with Crippen LogP contribution in [0.3, 0.4) is 0 Å². The van der Waals surface area contributed by atoms with Crippen LogP contribution in [0.15, 0.2) is 12.1 Å². The molecule has 1 aliphatic carbocycles. The van der Waals surface area contributed by atoms with E-state index in [1.807, 2.05) is 6.07 Å². The van der Waals surface area contributed by atoms with Gasteiger partial charge in [-0.25, -0.2) is 0 Å². The van der Waals surface area contributed by atoms with Gasteiger partial charge in [0.15, 0.2) is 11.5 Å². The van der Waals surface area contributed by atoms with E-state index in [2.05, 4.69) is 29.8 Å². The van der Waals surface area contributed by atoms with Gasteiger partial charge in [0.1, 0.15) is 0 Å². The first-order chi connectivity index (χ1) is 11.5. The van der Waals surface area contributed by atoms with Gasteiger partial charge in [-0.15, -0.1) is 0 Å². The third-order valence-corrected chi connectivity index (χ3v) is 6.52. The second-order valence-electron chi connectivity index (χ2n) is 8.26. The number of methoxy groups -OCH3 is 1. The van der Waals surface area contributed by atoms with Gasteiger partial charge in [0, 0.05) is 31.7 Å². The molecule has 1 saturated heterocycles. The summed E-state index contributed by atoms with van der Waals surface area (Å²) in [4.78, 5) is 5.23. The monoisotopic (exact) mass is 330 g/mol. The van der Waals surface area contributed by atoms with Crippen molar-refractivity contribution in [2.75, 3.05) is 33.8 Å². The van der Waals surface area contributed by atoms with Gasteiger partial charge in [0.05, 0.1) is 7.11 Å². The SMILES string of the molecule is COc1cc2c(cc1O)CCN1C[C@@H](CC3CC(C)C3)N(C)C[C@H]21. The number of benzene rings is 1. The van der Waals surface area contributed by atoms with Crippen molar-refractivity contribution >= 4 is 0 Å². The van der Waals surface area contributed by atoms with Crippen LogP contribution in [0.1, 0.15) is 43.4 Å². The Labute approximate surface area is 145 Å². The summed E-state index contributed by atoms with van der Waals surface area (Å²) in [6, 6.07) is 5.10. The average molecular weight is 330 g/mol. The molecule has 4 heteroatoms. The minimum atomic E-state index is 0.269. The number of phenols is 1. The number of piperazine rings is 1. The van der Waals surface area contributed by atoms with Crippen molar-refractivity contribution in [1.29, 1.82) is 0 Å². The van der Waals surface area contributed by atoms with E-state index in [4.69, 9.17) is 4.74 Å². The maximum atomic E-state index is 10.1. The fourth-order valence-corrected chi connectivity index (χ4v) is 5.10. The lowest BCUT2D eigenvalue weighted by atomic mass is 9.72. The summed E-state index contributed by atoms with van der Waals surface area (Å²) in [6.07, 6.45) is 5.23. The second-order valence-corrected chi connectivity index (χ2v) is 8.26. The summed E-state index contributed by atoms with van der Waals surface area (Å²) in [6.45, 7) is 5.74. The van der Waals surface area contributed by atoms with E-state index in [1.165, 1.54) is 36.9 Å². The fourth-order valence-electron chi connectivity index (χ4n) is 5.10. The molecule has 0 spiro atoms. The van der Waals surface area contributed by atoms with E-state index < -0.39 is 0 Å². The Hall–Kier alpha value is -1.26. The number of aromatic hydroxyl groups is 1. The highest BCUT2D eigenvalue weighted by Gasteiger charge is 2.38. The van der Waals surface area contributed by atoms with Crippen molar-refractivity contribution in [2.24, 2.45) is 11.8 Å². The predicted octanol–water partition coefficient (Wildman–Crippen LogP) is 3.05. The van der Waals surface area contributed by atoms with Crippen molar-refractivity contribution < 1.29 is 9.84 Å². The summed E-state index contributed by atoms with van der Waals surface area (Å²) < 4.78 is 5.34. The van der Waals surface area contributed by atoms with Crippen molar-refractivity contribution in [2.45, 2.75) is 44.7 Å². The fraction of sp³-hybridized carbons (Fsp3) is 0.700. The maximum absolute atomic E-state index is 10.1. The summed E-state index contributed by atoms with van der Waals surface area (Å²) in [5, 5.41) is 10.1. The Bertz CT molecular complexity index is 612. The molecule has 132 valence electrons. The molecule has 3 aliphatic rings. The number of phenolic OH excluding ortho intramolecular Hbond substituents is 1. The molecule has 0 aromatic heterocycles. The van der Waals surface area contributed by atoms with E-state index in [1.54, 1.807) is 7.11 Å². The standard InChI is InChI=1S/C20H30N2O2/c1-13-6-14(7-13)8-16-11-22-5-4-15-9-19(23)20(24-3)10-17(15)18(22)12-21(16)2/h9-10,13-14,16,18,23H,4-8,11-12H2,1-3H3/t13?,14?,16-,18-/m1/s1. The van der Waals surface area contributed by atoms with E-state index in [0.717, 1.165) is 31.3 Å². The lowest BCUT2D eigenvalue weighted by Gasteiger charge is -2.49. The van der Waals surface area contributed by atoms with E-state index in [9.17, 15) is 5.11 Å². The number of rotatable bonds is 3. The molecule has 0 bridgehead atoms. The molecule has 2 atom stereocenters. The van der Waals surface area contributed by atoms with E-state index in [-0.39, 0.29) is 5.75 Å². The quantitative estimate of drug-likeness (QED) is 0.924. The molecule has 0 unspecified atom stereocenters. The highest BCUT2D eigenvalue weighted by atomic mass is 16.5. The summed E-state index contributed by atoms with van der Waals surface area (Å²) in [7, 11) is 3.92. The van der Waals surface area contributed by atoms with Gasteiger partial charge in [0.2, 0.25) is 0 Å². The predicted molar refractivity (Wildman–Crippen MR) is 95.6 cm³/mol. The molecule has 2 fully saturated rings. The first kappa shape index (κ1) is 16.2. The minimum Gasteiger partial charge on any atom is -0.504 e. The van der Waals surface area contributed by atoms with Crippen LogP contribution in [-0.4, -0.2) is 54.7 Å². The zero-order valence-electron chi connectivity index (χ0n) is 15.2. The first-order valence-electron chi connectivity index (χ1n) is 9.39. The minimum absolute atomic E-state index is 0.269. The van der Waals surface area contributed by atoms with Gasteiger partial charge in [0.25, 0.3) is 0 Å². The molecule has 2 aliphatic heterocycles. The molecule has 1 aromatic rings. The number of hydrogen-bond acceptors (Lipinski definition) is 4. The topological polar surface area (TPSA) is 35.9 Å². The van der Waals surface area contributed by atoms with E-state index in [0.29, 0.717) is 17.8 Å². The van der Waals surface area contributed by atoms with Crippen molar-refractivity contribution in [1.82, 2.24) is 9.80 Å². The third-order valence-electron chi connectivity index (χ3n) is 6.52. The molecule has 0 radical (unpaired) electrons. The Balaban J connectivity index is 1.51. The van der Waals surface area contributed by atoms with Crippen LogP contribution in [0.2, 0.25) is 0 Å². The van der Waals surface area contributed by atoms with Crippen LogP contribution in [-0.2, 0) is 6.42 Å². The Morgan fingerprint density at radius 2 is 2.04 bits per heavy atom.